The van der Waals surface area contributed by atoms with Gasteiger partial charge in [-0.2, -0.15) is 0 Å². The molecule has 0 saturated carbocycles. The van der Waals surface area contributed by atoms with Crippen LogP contribution in [0, 0.1) is 0 Å². The summed E-state index contributed by atoms with van der Waals surface area (Å²) in [4.78, 5) is 17.4. The second-order valence-corrected chi connectivity index (χ2v) is 4.36. The Morgan fingerprint density at radius 1 is 1.55 bits per heavy atom. The van der Waals surface area contributed by atoms with E-state index < -0.39 is 0 Å². The molecule has 6 nitrogen and oxygen atoms in total. The second kappa shape index (κ2) is 6.93. The van der Waals surface area contributed by atoms with Crippen LogP contribution in [0.1, 0.15) is 0 Å². The van der Waals surface area contributed by atoms with Crippen molar-refractivity contribution in [3.05, 3.63) is 35.5 Å². The molecule has 1 aliphatic heterocycles. The van der Waals surface area contributed by atoms with Gasteiger partial charge in [0.15, 0.2) is 0 Å². The summed E-state index contributed by atoms with van der Waals surface area (Å²) < 4.78 is 5.34. The standard InChI is InChI=1S/C13H14ClN3O3/c14-10-2-3-12(20-7-6-18)11(8-10)16-13(19)17-5-1-4-15-9-17/h1-5,8,18H,6-7,9H2,(H,16,19). The van der Waals surface area contributed by atoms with E-state index >= 15 is 0 Å². The number of aliphatic hydroxyl groups is 1. The number of nitrogens with one attached hydrogen (secondary N) is 1. The van der Waals surface area contributed by atoms with Crippen molar-refractivity contribution in [2.45, 2.75) is 0 Å². The van der Waals surface area contributed by atoms with Crippen molar-refractivity contribution in [3.63, 3.8) is 0 Å². The molecule has 0 radical (unpaired) electrons. The summed E-state index contributed by atoms with van der Waals surface area (Å²) in [6.07, 6.45) is 4.92. The number of hydrogen-bond donors (Lipinski definition) is 2. The lowest BCUT2D eigenvalue weighted by molar-refractivity contribution is 0.201. The first kappa shape index (κ1) is 14.4. The number of carbonyl (C=O) groups is 1. The number of aliphatic hydroxyl groups excluding tert-OH is 1. The summed E-state index contributed by atoms with van der Waals surface area (Å²) in [6, 6.07) is 4.53. The Kier molecular flexibility index (Phi) is 4.97. The van der Waals surface area contributed by atoms with Gasteiger partial charge < -0.3 is 15.2 Å². The lowest BCUT2D eigenvalue weighted by Crippen LogP contribution is -2.32. The first-order valence-electron chi connectivity index (χ1n) is 5.98. The molecular weight excluding hydrogens is 282 g/mol. The Balaban J connectivity index is 2.10. The monoisotopic (exact) mass is 295 g/mol. The molecule has 0 spiro atoms. The van der Waals surface area contributed by atoms with E-state index in [0.717, 1.165) is 0 Å². The van der Waals surface area contributed by atoms with Crippen molar-refractivity contribution >= 4 is 29.5 Å². The summed E-state index contributed by atoms with van der Waals surface area (Å²) in [5.41, 5.74) is 0.443. The number of nitrogens with zero attached hydrogens (tertiary/aromatic N) is 2. The zero-order chi connectivity index (χ0) is 14.4. The van der Waals surface area contributed by atoms with E-state index in [-0.39, 0.29) is 25.9 Å². The molecule has 1 aliphatic rings. The van der Waals surface area contributed by atoms with Gasteiger partial charge in [-0.15, -0.1) is 0 Å². The zero-order valence-electron chi connectivity index (χ0n) is 10.6. The van der Waals surface area contributed by atoms with Crippen molar-refractivity contribution in [2.24, 2.45) is 4.99 Å². The highest BCUT2D eigenvalue weighted by molar-refractivity contribution is 6.31. The third kappa shape index (κ3) is 3.72. The predicted molar refractivity (Wildman–Crippen MR) is 77.4 cm³/mol. The number of hydrogen-bond acceptors (Lipinski definition) is 4. The number of allylic oxidation sites excluding steroid dienone is 1. The third-order valence-corrected chi connectivity index (χ3v) is 2.72. The number of aliphatic imine (C=N–C) groups is 1. The molecule has 0 saturated heterocycles. The molecule has 106 valence electrons. The van der Waals surface area contributed by atoms with Crippen molar-refractivity contribution < 1.29 is 14.6 Å². The van der Waals surface area contributed by atoms with Crippen molar-refractivity contribution in [3.8, 4) is 5.75 Å². The van der Waals surface area contributed by atoms with Crippen molar-refractivity contribution in [1.82, 2.24) is 4.90 Å². The SMILES string of the molecule is O=C(Nc1cc(Cl)ccc1OCCO)N1C=CC=NC1. The highest BCUT2D eigenvalue weighted by atomic mass is 35.5. The van der Waals surface area contributed by atoms with Gasteiger partial charge in [-0.1, -0.05) is 11.6 Å². The minimum Gasteiger partial charge on any atom is -0.489 e. The fourth-order valence-electron chi connectivity index (χ4n) is 1.59. The number of carbonyl (C=O) groups excluding carboxylic acids is 1. The van der Waals surface area contributed by atoms with Crippen LogP contribution >= 0.6 is 11.6 Å². The minimum atomic E-state index is -0.339. The van der Waals surface area contributed by atoms with Gasteiger partial charge in [-0.3, -0.25) is 9.89 Å². The van der Waals surface area contributed by atoms with Gasteiger partial charge in [0.2, 0.25) is 0 Å². The molecule has 0 unspecified atom stereocenters. The average Bonchev–Trinajstić information content (AvgIpc) is 2.47. The fourth-order valence-corrected chi connectivity index (χ4v) is 1.76. The van der Waals surface area contributed by atoms with Gasteiger partial charge in [0.25, 0.3) is 0 Å². The summed E-state index contributed by atoms with van der Waals surface area (Å²) in [5.74, 6) is 0.446. The van der Waals surface area contributed by atoms with Crippen LogP contribution in [-0.2, 0) is 0 Å². The molecule has 7 heteroatoms. The number of urea groups is 1. The fraction of sp³-hybridized carbons (Fsp3) is 0.231. The van der Waals surface area contributed by atoms with Gasteiger partial charge in [0, 0.05) is 17.4 Å². The number of halogens is 1. The smallest absolute Gasteiger partial charge is 0.327 e. The quantitative estimate of drug-likeness (QED) is 0.893. The van der Waals surface area contributed by atoms with Crippen LogP contribution in [0.15, 0.2) is 35.5 Å². The molecular formula is C13H14ClN3O3. The van der Waals surface area contributed by atoms with Crippen LogP contribution in [0.4, 0.5) is 10.5 Å². The Morgan fingerprint density at radius 3 is 3.10 bits per heavy atom. The highest BCUT2D eigenvalue weighted by Gasteiger charge is 2.14. The lowest BCUT2D eigenvalue weighted by Gasteiger charge is -2.19. The van der Waals surface area contributed by atoms with E-state index in [9.17, 15) is 4.79 Å². The van der Waals surface area contributed by atoms with Crippen molar-refractivity contribution in [1.29, 1.82) is 0 Å². The molecule has 2 N–H and O–H groups in total. The van der Waals surface area contributed by atoms with Gasteiger partial charge in [0.1, 0.15) is 19.0 Å². The van der Waals surface area contributed by atoms with E-state index in [1.807, 2.05) is 0 Å². The molecule has 1 aromatic rings. The van der Waals surface area contributed by atoms with E-state index in [1.54, 1.807) is 36.7 Å². The Labute approximate surface area is 121 Å². The maximum Gasteiger partial charge on any atom is 0.327 e. The number of anilines is 1. The third-order valence-electron chi connectivity index (χ3n) is 2.48. The van der Waals surface area contributed by atoms with Crippen LogP contribution in [0.25, 0.3) is 0 Å². The average molecular weight is 296 g/mol. The summed E-state index contributed by atoms with van der Waals surface area (Å²) >= 11 is 5.91. The number of ether oxygens (including phenoxy) is 1. The lowest BCUT2D eigenvalue weighted by atomic mass is 10.3. The normalized spacial score (nSPS) is 13.4. The van der Waals surface area contributed by atoms with E-state index in [2.05, 4.69) is 10.3 Å². The number of amides is 2. The van der Waals surface area contributed by atoms with Gasteiger partial charge >= 0.3 is 6.03 Å². The molecule has 2 rings (SSSR count). The van der Waals surface area contributed by atoms with Gasteiger partial charge in [0.05, 0.1) is 12.3 Å². The number of benzene rings is 1. The first-order chi connectivity index (χ1) is 9.70. The van der Waals surface area contributed by atoms with Crippen LogP contribution in [-0.4, -0.2) is 42.1 Å². The molecule has 1 aromatic carbocycles. The Hall–Kier alpha value is -2.05. The van der Waals surface area contributed by atoms with Gasteiger partial charge in [-0.25, -0.2) is 4.79 Å². The van der Waals surface area contributed by atoms with Crippen LogP contribution in [0.2, 0.25) is 5.02 Å². The summed E-state index contributed by atoms with van der Waals surface area (Å²) in [7, 11) is 0. The summed E-state index contributed by atoms with van der Waals surface area (Å²) in [5, 5.41) is 12.0. The maximum absolute atomic E-state index is 12.0. The highest BCUT2D eigenvalue weighted by Crippen LogP contribution is 2.28. The van der Waals surface area contributed by atoms with E-state index in [0.29, 0.717) is 16.5 Å². The van der Waals surface area contributed by atoms with E-state index in [1.165, 1.54) is 4.90 Å². The van der Waals surface area contributed by atoms with Crippen LogP contribution in [0.5, 0.6) is 5.75 Å². The Morgan fingerprint density at radius 2 is 2.40 bits per heavy atom. The molecule has 0 bridgehead atoms. The molecule has 0 aromatic heterocycles. The van der Waals surface area contributed by atoms with Crippen molar-refractivity contribution in [2.75, 3.05) is 25.2 Å². The van der Waals surface area contributed by atoms with Crippen LogP contribution in [0.3, 0.4) is 0 Å². The topological polar surface area (TPSA) is 74.2 Å². The maximum atomic E-state index is 12.0. The minimum absolute atomic E-state index is 0.112. The molecule has 1 heterocycles. The van der Waals surface area contributed by atoms with Crippen LogP contribution < -0.4 is 10.1 Å². The van der Waals surface area contributed by atoms with E-state index in [4.69, 9.17) is 21.4 Å². The number of rotatable bonds is 4. The zero-order valence-corrected chi connectivity index (χ0v) is 11.4. The summed E-state index contributed by atoms with van der Waals surface area (Å²) in [6.45, 7) is 0.285. The predicted octanol–water partition coefficient (Wildman–Crippen LogP) is 2.10. The molecule has 20 heavy (non-hydrogen) atoms. The Bertz CT molecular complexity index is 546. The molecule has 2 amide bonds. The molecule has 0 fully saturated rings. The molecule has 0 atom stereocenters. The largest absolute Gasteiger partial charge is 0.489 e. The first-order valence-corrected chi connectivity index (χ1v) is 6.36. The second-order valence-electron chi connectivity index (χ2n) is 3.93. The van der Waals surface area contributed by atoms with Gasteiger partial charge in [-0.05, 0) is 24.3 Å². The molecule has 0 aliphatic carbocycles.